The predicted molar refractivity (Wildman–Crippen MR) is 101 cm³/mol. The second-order valence-electron chi connectivity index (χ2n) is 5.67. The average molecular weight is 383 g/mol. The van der Waals surface area contributed by atoms with Crippen molar-refractivity contribution < 1.29 is 9.47 Å². The van der Waals surface area contributed by atoms with Crippen LogP contribution in [0.5, 0.6) is 5.75 Å². The molecule has 1 aromatic carbocycles. The van der Waals surface area contributed by atoms with Gasteiger partial charge in [0, 0.05) is 22.7 Å². The van der Waals surface area contributed by atoms with Gasteiger partial charge in [-0.25, -0.2) is 4.99 Å². The van der Waals surface area contributed by atoms with Gasteiger partial charge in [0.05, 0.1) is 25.3 Å². The van der Waals surface area contributed by atoms with Crippen molar-refractivity contribution in [3.8, 4) is 5.75 Å². The molecule has 4 nitrogen and oxygen atoms in total. The highest BCUT2D eigenvalue weighted by Gasteiger charge is 2.17. The maximum absolute atomic E-state index is 6.09. The van der Waals surface area contributed by atoms with Crippen molar-refractivity contribution in [3.05, 3.63) is 44.7 Å². The largest absolute Gasteiger partial charge is 0.496 e. The number of rotatable bonds is 4. The first kappa shape index (κ1) is 17.6. The van der Waals surface area contributed by atoms with E-state index < -0.39 is 0 Å². The summed E-state index contributed by atoms with van der Waals surface area (Å²) in [6.07, 6.45) is 4.57. The number of aryl methyl sites for hydroxylation is 1. The van der Waals surface area contributed by atoms with Crippen LogP contribution in [0.2, 0.25) is 5.02 Å². The van der Waals surface area contributed by atoms with Crippen LogP contribution in [0.25, 0.3) is 0 Å². The number of aromatic nitrogens is 1. The monoisotopic (exact) mass is 382 g/mol. The Hall–Kier alpha value is -1.21. The minimum Gasteiger partial charge on any atom is -0.496 e. The van der Waals surface area contributed by atoms with E-state index in [0.29, 0.717) is 15.8 Å². The molecule has 0 N–H and O–H groups in total. The van der Waals surface area contributed by atoms with Gasteiger partial charge in [0.15, 0.2) is 4.80 Å². The molecule has 0 spiro atoms. The second-order valence-corrected chi connectivity index (χ2v) is 7.71. The number of hydrogen-bond acceptors (Lipinski definition) is 4. The fourth-order valence-electron chi connectivity index (χ4n) is 2.72. The predicted octanol–water partition coefficient (Wildman–Crippen LogP) is 3.98. The Morgan fingerprint density at radius 1 is 1.54 bits per heavy atom. The van der Waals surface area contributed by atoms with Gasteiger partial charge in [-0.2, -0.15) is 0 Å². The van der Waals surface area contributed by atoms with Crippen molar-refractivity contribution in [2.75, 3.05) is 13.7 Å². The molecule has 1 saturated heterocycles. The molecule has 2 aromatic rings. The third-order valence-electron chi connectivity index (χ3n) is 3.85. The maximum atomic E-state index is 6.09. The highest BCUT2D eigenvalue weighted by atomic mass is 35.5. The van der Waals surface area contributed by atoms with E-state index in [4.69, 9.17) is 33.3 Å². The van der Waals surface area contributed by atoms with E-state index in [1.807, 2.05) is 0 Å². The van der Waals surface area contributed by atoms with Crippen molar-refractivity contribution in [1.29, 1.82) is 0 Å². The Labute approximate surface area is 155 Å². The summed E-state index contributed by atoms with van der Waals surface area (Å²) in [5.41, 5.74) is 0.731. The number of ether oxygens (including phenoxy) is 2. The van der Waals surface area contributed by atoms with E-state index in [2.05, 4.69) is 22.7 Å². The van der Waals surface area contributed by atoms with Crippen molar-refractivity contribution in [3.63, 3.8) is 0 Å². The third-order valence-corrected chi connectivity index (χ3v) is 5.33. The lowest BCUT2D eigenvalue weighted by Gasteiger charge is -2.10. The highest BCUT2D eigenvalue weighted by molar-refractivity contribution is 7.80. The Balaban J connectivity index is 1.93. The molecule has 1 atom stereocenters. The minimum absolute atomic E-state index is 0.257. The van der Waals surface area contributed by atoms with Crippen LogP contribution in [-0.4, -0.2) is 29.4 Å². The van der Waals surface area contributed by atoms with Crippen LogP contribution >= 0.6 is 35.2 Å². The van der Waals surface area contributed by atoms with Gasteiger partial charge >= 0.3 is 0 Å². The number of methoxy groups -OCH3 is 1. The molecule has 24 heavy (non-hydrogen) atoms. The van der Waals surface area contributed by atoms with E-state index >= 15 is 0 Å². The molecule has 3 rings (SSSR count). The number of hydrogen-bond donors (Lipinski definition) is 0. The molecule has 7 heteroatoms. The van der Waals surface area contributed by atoms with Crippen molar-refractivity contribution in [2.45, 2.75) is 32.4 Å². The van der Waals surface area contributed by atoms with E-state index in [1.165, 1.54) is 4.88 Å². The van der Waals surface area contributed by atoms with Gasteiger partial charge in [0.25, 0.3) is 0 Å². The van der Waals surface area contributed by atoms with Crippen LogP contribution < -0.4 is 9.54 Å². The van der Waals surface area contributed by atoms with Crippen LogP contribution in [0.4, 0.5) is 0 Å². The Bertz CT molecular complexity index is 807. The summed E-state index contributed by atoms with van der Waals surface area (Å²) in [5, 5.41) is 0.609. The maximum Gasteiger partial charge on any atom is 0.191 e. The quantitative estimate of drug-likeness (QED) is 0.750. The summed E-state index contributed by atoms with van der Waals surface area (Å²) in [5.74, 6) is 0.673. The number of nitrogens with zero attached hydrogens (tertiary/aromatic N) is 2. The molecule has 0 unspecified atom stereocenters. The molecule has 2 heterocycles. The summed E-state index contributed by atoms with van der Waals surface area (Å²) >= 11 is 13.2. The molecular formula is C17H19ClN2O2S2. The van der Waals surface area contributed by atoms with Crippen LogP contribution in [0, 0.1) is 6.92 Å². The zero-order valence-electron chi connectivity index (χ0n) is 13.6. The third kappa shape index (κ3) is 4.06. The summed E-state index contributed by atoms with van der Waals surface area (Å²) in [6, 6.07) is 5.37. The first-order chi connectivity index (χ1) is 11.6. The first-order valence-corrected chi connectivity index (χ1v) is 9.38. The number of halogens is 1. The van der Waals surface area contributed by atoms with Crippen LogP contribution in [0.1, 0.15) is 23.3 Å². The lowest BCUT2D eigenvalue weighted by Crippen LogP contribution is -2.23. The molecule has 0 aliphatic carbocycles. The van der Waals surface area contributed by atoms with Crippen LogP contribution in [-0.2, 0) is 11.3 Å². The second kappa shape index (κ2) is 7.78. The normalized spacial score (nSPS) is 18.1. The van der Waals surface area contributed by atoms with E-state index in [0.717, 1.165) is 36.4 Å². The lowest BCUT2D eigenvalue weighted by molar-refractivity contribution is 0.0964. The minimum atomic E-state index is 0.257. The van der Waals surface area contributed by atoms with Gasteiger partial charge in [-0.05, 0) is 38.0 Å². The Kier molecular flexibility index (Phi) is 5.71. The van der Waals surface area contributed by atoms with E-state index in [-0.39, 0.29) is 6.10 Å². The summed E-state index contributed by atoms with van der Waals surface area (Å²) < 4.78 is 13.2. The molecule has 128 valence electrons. The highest BCUT2D eigenvalue weighted by Crippen LogP contribution is 2.24. The number of thiocarbonyl (C=S) groups is 1. The molecule has 0 bridgehead atoms. The fraction of sp³-hybridized carbons (Fsp3) is 0.412. The standard InChI is InChI=1S/C17H19ClN2O2S2/c1-11-9-20(10-13-4-3-7-22-13)17(24-11)19-16(23)14-8-12(18)5-6-15(14)21-2/h5-6,8-9,13H,3-4,7,10H2,1-2H3/b19-17-/t13-/m1/s1. The molecular weight excluding hydrogens is 364 g/mol. The topological polar surface area (TPSA) is 35.8 Å². The fourth-order valence-corrected chi connectivity index (χ4v) is 4.05. The molecule has 1 aliphatic rings. The van der Waals surface area contributed by atoms with Crippen molar-refractivity contribution in [1.82, 2.24) is 4.57 Å². The van der Waals surface area contributed by atoms with Gasteiger partial charge in [0.2, 0.25) is 0 Å². The Morgan fingerprint density at radius 2 is 2.38 bits per heavy atom. The number of thiazole rings is 1. The lowest BCUT2D eigenvalue weighted by atomic mass is 10.2. The molecule has 0 radical (unpaired) electrons. The van der Waals surface area contributed by atoms with Gasteiger partial charge in [-0.1, -0.05) is 23.8 Å². The summed E-state index contributed by atoms with van der Waals surface area (Å²) in [4.78, 5) is 7.19. The molecule has 1 aliphatic heterocycles. The van der Waals surface area contributed by atoms with Crippen LogP contribution in [0.15, 0.2) is 29.4 Å². The zero-order valence-corrected chi connectivity index (χ0v) is 16.0. The van der Waals surface area contributed by atoms with Gasteiger partial charge < -0.3 is 14.0 Å². The van der Waals surface area contributed by atoms with E-state index in [1.54, 1.807) is 36.6 Å². The average Bonchev–Trinajstić information content (AvgIpc) is 3.18. The molecule has 1 aromatic heterocycles. The summed E-state index contributed by atoms with van der Waals surface area (Å²) in [7, 11) is 1.61. The first-order valence-electron chi connectivity index (χ1n) is 7.78. The molecule has 1 fully saturated rings. The van der Waals surface area contributed by atoms with Gasteiger partial charge in [-0.3, -0.25) is 0 Å². The Morgan fingerprint density at radius 3 is 3.08 bits per heavy atom. The van der Waals surface area contributed by atoms with Crippen molar-refractivity contribution in [2.24, 2.45) is 4.99 Å². The van der Waals surface area contributed by atoms with Gasteiger partial charge in [0.1, 0.15) is 10.7 Å². The van der Waals surface area contributed by atoms with E-state index in [9.17, 15) is 0 Å². The zero-order chi connectivity index (χ0) is 17.1. The number of benzene rings is 1. The SMILES string of the molecule is COc1ccc(Cl)cc1C(=S)/N=c1\sc(C)cn1C[C@H]1CCCO1. The van der Waals surface area contributed by atoms with Crippen molar-refractivity contribution >= 4 is 40.1 Å². The molecule has 0 saturated carbocycles. The van der Waals surface area contributed by atoms with Crippen LogP contribution in [0.3, 0.4) is 0 Å². The smallest absolute Gasteiger partial charge is 0.191 e. The molecule has 0 amide bonds. The van der Waals surface area contributed by atoms with Gasteiger partial charge in [-0.15, -0.1) is 11.3 Å². The summed E-state index contributed by atoms with van der Waals surface area (Å²) in [6.45, 7) is 3.72.